The van der Waals surface area contributed by atoms with Gasteiger partial charge in [0.15, 0.2) is 0 Å². The predicted molar refractivity (Wildman–Crippen MR) is 163 cm³/mol. The van der Waals surface area contributed by atoms with Crippen molar-refractivity contribution in [1.29, 1.82) is 5.26 Å². The zero-order valence-corrected chi connectivity index (χ0v) is 25.7. The first-order chi connectivity index (χ1) is 21.3. The third kappa shape index (κ3) is 7.90. The number of aromatic nitrogens is 1. The van der Waals surface area contributed by atoms with Crippen molar-refractivity contribution in [2.24, 2.45) is 0 Å². The first-order valence-electron chi connectivity index (χ1n) is 14.7. The number of anilines is 3. The fourth-order valence-electron chi connectivity index (χ4n) is 5.63. The molecule has 0 spiro atoms. The molecule has 2 aromatic rings. The van der Waals surface area contributed by atoms with Crippen LogP contribution in [0.3, 0.4) is 0 Å². The number of hydrogen-bond donors (Lipinski definition) is 1. The summed E-state index contributed by atoms with van der Waals surface area (Å²) in [4.78, 5) is 38.9. The summed E-state index contributed by atoms with van der Waals surface area (Å²) < 4.78 is 56.4. The number of nitriles is 1. The third-order valence-electron chi connectivity index (χ3n) is 8.24. The molecule has 0 saturated carbocycles. The lowest BCUT2D eigenvalue weighted by Crippen LogP contribution is -2.50. The first kappa shape index (κ1) is 33.7. The van der Waals surface area contributed by atoms with Gasteiger partial charge in [0.05, 0.1) is 16.9 Å². The number of para-hydroxylation sites is 1. The highest BCUT2D eigenvalue weighted by Gasteiger charge is 2.37. The van der Waals surface area contributed by atoms with Crippen molar-refractivity contribution in [1.82, 2.24) is 19.7 Å². The Bertz CT molecular complexity index is 1450. The van der Waals surface area contributed by atoms with Crippen molar-refractivity contribution in [3.63, 3.8) is 0 Å². The average molecular weight is 631 g/mol. The number of hydrogen-bond acceptors (Lipinski definition) is 8. The van der Waals surface area contributed by atoms with E-state index in [0.29, 0.717) is 31.9 Å². The highest BCUT2D eigenvalue weighted by molar-refractivity contribution is 6.01. The number of fused-ring (bicyclic) bond motifs is 1. The summed E-state index contributed by atoms with van der Waals surface area (Å²) in [5.41, 5.74) is -1.18. The van der Waals surface area contributed by atoms with Gasteiger partial charge in [0.1, 0.15) is 29.3 Å². The average Bonchev–Trinajstić information content (AvgIpc) is 3.01. The second-order valence-corrected chi connectivity index (χ2v) is 11.3. The SMILES string of the molecule is C=CC(=O)N1CCN(CCN(C)CCN2CCC(Nc3nc(C)cc(C(F)(F)F)c3C#N)C(=O)N(C)c3cccc(F)c32)CC1. The van der Waals surface area contributed by atoms with Crippen LogP contribution in [0.25, 0.3) is 0 Å². The van der Waals surface area contributed by atoms with E-state index < -0.39 is 35.1 Å². The molecular formula is C31H38F4N8O2. The van der Waals surface area contributed by atoms with Crippen molar-refractivity contribution < 1.29 is 27.2 Å². The van der Waals surface area contributed by atoms with Gasteiger partial charge in [-0.05, 0) is 44.7 Å². The maximum atomic E-state index is 15.3. The number of pyridine rings is 1. The van der Waals surface area contributed by atoms with Crippen LogP contribution in [0.2, 0.25) is 0 Å². The number of rotatable bonds is 9. The standard InChI is InChI=1S/C31H38F4N8O2/c1-5-27(44)42-17-14-41(15-18-42)13-11-39(3)12-16-43-10-9-25(30(45)40(4)26-8-6-7-24(32)28(26)43)38-29-22(20-36)23(31(33,34)35)19-21(2)37-29/h5-8,19,25H,1,9-18H2,2-4H3,(H,37,38). The molecule has 1 unspecified atom stereocenters. The molecule has 1 atom stereocenters. The lowest BCUT2D eigenvalue weighted by atomic mass is 10.0. The van der Waals surface area contributed by atoms with Gasteiger partial charge in [-0.2, -0.15) is 18.4 Å². The lowest BCUT2D eigenvalue weighted by molar-refractivity contribution is -0.137. The molecule has 45 heavy (non-hydrogen) atoms. The largest absolute Gasteiger partial charge is 0.417 e. The molecule has 2 aliphatic rings. The summed E-state index contributed by atoms with van der Waals surface area (Å²) in [6.07, 6.45) is -3.33. The maximum absolute atomic E-state index is 15.3. The lowest BCUT2D eigenvalue weighted by Gasteiger charge is -2.37. The monoisotopic (exact) mass is 630 g/mol. The molecule has 0 aliphatic carbocycles. The fourth-order valence-corrected chi connectivity index (χ4v) is 5.63. The topological polar surface area (TPSA) is 99.0 Å². The van der Waals surface area contributed by atoms with E-state index in [-0.39, 0.29) is 36.1 Å². The molecule has 3 heterocycles. The van der Waals surface area contributed by atoms with Crippen LogP contribution in [-0.4, -0.2) is 111 Å². The van der Waals surface area contributed by atoms with E-state index in [1.165, 1.54) is 37.1 Å². The Morgan fingerprint density at radius 1 is 1.20 bits per heavy atom. The minimum absolute atomic E-state index is 0.0414. The van der Waals surface area contributed by atoms with Gasteiger partial charge in [0.2, 0.25) is 11.8 Å². The van der Waals surface area contributed by atoms with Crippen LogP contribution in [0.5, 0.6) is 0 Å². The number of nitrogens with zero attached hydrogens (tertiary/aromatic N) is 7. The zero-order valence-electron chi connectivity index (χ0n) is 25.7. The highest BCUT2D eigenvalue weighted by Crippen LogP contribution is 2.37. The molecule has 1 aromatic carbocycles. The number of aryl methyl sites for hydroxylation is 1. The number of carbonyl (C=O) groups excluding carboxylic acids is 2. The molecule has 0 radical (unpaired) electrons. The molecule has 242 valence electrons. The number of likely N-dealkylation sites (N-methyl/N-ethyl adjacent to an activating group) is 2. The van der Waals surface area contributed by atoms with Crippen LogP contribution < -0.4 is 15.1 Å². The van der Waals surface area contributed by atoms with Crippen LogP contribution in [0.4, 0.5) is 34.8 Å². The number of nitrogens with one attached hydrogen (secondary N) is 1. The van der Waals surface area contributed by atoms with Gasteiger partial charge in [-0.15, -0.1) is 0 Å². The Morgan fingerprint density at radius 2 is 1.89 bits per heavy atom. The summed E-state index contributed by atoms with van der Waals surface area (Å²) in [6, 6.07) is 5.82. The van der Waals surface area contributed by atoms with Crippen LogP contribution in [-0.2, 0) is 15.8 Å². The van der Waals surface area contributed by atoms with E-state index in [4.69, 9.17) is 0 Å². The van der Waals surface area contributed by atoms with Crippen molar-refractivity contribution in [3.05, 3.63) is 59.6 Å². The van der Waals surface area contributed by atoms with Gasteiger partial charge < -0.3 is 24.9 Å². The van der Waals surface area contributed by atoms with E-state index >= 15 is 4.39 Å². The Balaban J connectivity index is 1.48. The quantitative estimate of drug-likeness (QED) is 0.333. The Labute approximate surface area is 260 Å². The van der Waals surface area contributed by atoms with Gasteiger partial charge in [-0.25, -0.2) is 9.37 Å². The number of amides is 2. The van der Waals surface area contributed by atoms with Crippen LogP contribution >= 0.6 is 0 Å². The van der Waals surface area contributed by atoms with Gasteiger partial charge in [-0.3, -0.25) is 14.5 Å². The molecule has 10 nitrogen and oxygen atoms in total. The molecule has 1 saturated heterocycles. The third-order valence-corrected chi connectivity index (χ3v) is 8.24. The summed E-state index contributed by atoms with van der Waals surface area (Å²) in [5.74, 6) is -1.37. The Hall–Kier alpha value is -4.22. The maximum Gasteiger partial charge on any atom is 0.417 e. The van der Waals surface area contributed by atoms with Crippen molar-refractivity contribution in [2.45, 2.75) is 25.6 Å². The molecule has 0 bridgehead atoms. The molecule has 1 aromatic heterocycles. The number of piperazine rings is 1. The molecule has 2 aliphatic heterocycles. The minimum Gasteiger partial charge on any atom is -0.366 e. The molecule has 14 heteroatoms. The molecule has 1 N–H and O–H groups in total. The Kier molecular flexibility index (Phi) is 10.7. The van der Waals surface area contributed by atoms with E-state index in [1.807, 2.05) is 11.9 Å². The van der Waals surface area contributed by atoms with Gasteiger partial charge in [-0.1, -0.05) is 12.6 Å². The van der Waals surface area contributed by atoms with Crippen molar-refractivity contribution in [2.75, 3.05) is 88.1 Å². The van der Waals surface area contributed by atoms with E-state index in [2.05, 4.69) is 26.7 Å². The molecule has 1 fully saturated rings. The smallest absolute Gasteiger partial charge is 0.366 e. The highest BCUT2D eigenvalue weighted by atomic mass is 19.4. The van der Waals surface area contributed by atoms with E-state index in [9.17, 15) is 28.0 Å². The molecule has 2 amide bonds. The number of benzene rings is 1. The van der Waals surface area contributed by atoms with Crippen molar-refractivity contribution >= 4 is 29.0 Å². The van der Waals surface area contributed by atoms with Gasteiger partial charge >= 0.3 is 6.18 Å². The van der Waals surface area contributed by atoms with Gasteiger partial charge in [0, 0.05) is 71.6 Å². The molecular weight excluding hydrogens is 592 g/mol. The summed E-state index contributed by atoms with van der Waals surface area (Å²) >= 11 is 0. The number of halogens is 4. The van der Waals surface area contributed by atoms with Crippen LogP contribution in [0.1, 0.15) is 23.2 Å². The minimum atomic E-state index is -4.78. The zero-order chi connectivity index (χ0) is 32.9. The summed E-state index contributed by atoms with van der Waals surface area (Å²) in [6.45, 7) is 10.5. The Morgan fingerprint density at radius 3 is 2.53 bits per heavy atom. The second-order valence-electron chi connectivity index (χ2n) is 11.3. The van der Waals surface area contributed by atoms with Gasteiger partial charge in [0.25, 0.3) is 0 Å². The van der Waals surface area contributed by atoms with Crippen LogP contribution in [0.15, 0.2) is 36.9 Å². The normalized spacial score (nSPS) is 17.9. The first-order valence-corrected chi connectivity index (χ1v) is 14.7. The second kappa shape index (κ2) is 14.3. The molecule has 4 rings (SSSR count). The van der Waals surface area contributed by atoms with Crippen molar-refractivity contribution in [3.8, 4) is 6.07 Å². The van der Waals surface area contributed by atoms with E-state index in [1.54, 1.807) is 17.0 Å². The summed E-state index contributed by atoms with van der Waals surface area (Å²) in [5, 5.41) is 12.4. The van der Waals surface area contributed by atoms with Crippen LogP contribution in [0, 0.1) is 24.1 Å². The van der Waals surface area contributed by atoms with E-state index in [0.717, 1.165) is 32.2 Å². The predicted octanol–water partition coefficient (Wildman–Crippen LogP) is 3.34. The number of alkyl halides is 3. The fraction of sp³-hybridized carbons (Fsp3) is 0.484. The number of carbonyl (C=O) groups is 2. The summed E-state index contributed by atoms with van der Waals surface area (Å²) in [7, 11) is 3.46.